The second kappa shape index (κ2) is 14.6. The summed E-state index contributed by atoms with van der Waals surface area (Å²) in [6.07, 6.45) is 7.22. The van der Waals surface area contributed by atoms with Gasteiger partial charge in [0.25, 0.3) is 0 Å². The molecular weight excluding hydrogens is 735 g/mol. The summed E-state index contributed by atoms with van der Waals surface area (Å²) in [6.45, 7) is 2.28. The van der Waals surface area contributed by atoms with Crippen molar-refractivity contribution in [3.8, 4) is 33.4 Å². The minimum absolute atomic E-state index is 0.496. The lowest BCUT2D eigenvalue weighted by Gasteiger charge is -2.54. The summed E-state index contributed by atoms with van der Waals surface area (Å²) >= 11 is 0. The maximum Gasteiger partial charge on any atom is 0.0714 e. The first-order valence-electron chi connectivity index (χ1n) is 22.6. The van der Waals surface area contributed by atoms with E-state index < -0.39 is 5.41 Å². The molecule has 4 saturated carbocycles. The largest absolute Gasteiger partial charge is 0.310 e. The van der Waals surface area contributed by atoms with Crippen molar-refractivity contribution in [2.75, 3.05) is 4.90 Å². The molecule has 1 heteroatoms. The number of anilines is 3. The molecule has 0 unspecified atom stereocenters. The summed E-state index contributed by atoms with van der Waals surface area (Å²) in [5.41, 5.74) is 18.7. The highest BCUT2D eigenvalue weighted by Gasteiger charge is 2.49. The second-order valence-electron chi connectivity index (χ2n) is 18.5. The fourth-order valence-corrected chi connectivity index (χ4v) is 13.1. The zero-order valence-electron chi connectivity index (χ0n) is 34.9. The first kappa shape index (κ1) is 36.4. The molecule has 5 aliphatic carbocycles. The fraction of sp³-hybridized carbons (Fsp3) is 0.200. The Morgan fingerprint density at radius 3 is 1.64 bits per heavy atom. The molecule has 0 aliphatic heterocycles. The minimum atomic E-state index is -0.496. The SMILES string of the molecule is Cc1cccc2c1-c1ccc(N(c3ccc(C4C5CC6CC(C5)CC4C6)cc3)c3ccccc3-c3ccccc3-c3ccccc3)cc1C2(c1ccccc1)c1ccccc1. The Kier molecular flexibility index (Phi) is 8.73. The Bertz CT molecular complexity index is 2810. The van der Waals surface area contributed by atoms with E-state index in [0.717, 1.165) is 29.4 Å². The van der Waals surface area contributed by atoms with Gasteiger partial charge in [0, 0.05) is 16.9 Å². The van der Waals surface area contributed by atoms with Crippen LogP contribution in [0.25, 0.3) is 33.4 Å². The Morgan fingerprint density at radius 1 is 0.426 bits per heavy atom. The van der Waals surface area contributed by atoms with Crippen molar-refractivity contribution in [2.45, 2.75) is 50.4 Å². The molecule has 0 amide bonds. The topological polar surface area (TPSA) is 3.24 Å². The Balaban J connectivity index is 1.08. The molecule has 0 atom stereocenters. The number of hydrogen-bond acceptors (Lipinski definition) is 1. The van der Waals surface area contributed by atoms with Crippen molar-refractivity contribution in [1.82, 2.24) is 0 Å². The van der Waals surface area contributed by atoms with E-state index in [2.05, 4.69) is 212 Å². The Morgan fingerprint density at radius 2 is 0.984 bits per heavy atom. The van der Waals surface area contributed by atoms with Crippen molar-refractivity contribution in [2.24, 2.45) is 23.7 Å². The van der Waals surface area contributed by atoms with Crippen LogP contribution in [0.1, 0.15) is 71.4 Å². The van der Waals surface area contributed by atoms with Gasteiger partial charge >= 0.3 is 0 Å². The average Bonchev–Trinajstić information content (AvgIpc) is 3.62. The quantitative estimate of drug-likeness (QED) is 0.148. The molecule has 13 rings (SSSR count). The number of para-hydroxylation sites is 1. The van der Waals surface area contributed by atoms with Crippen LogP contribution in [0.15, 0.2) is 200 Å². The second-order valence-corrected chi connectivity index (χ2v) is 18.5. The van der Waals surface area contributed by atoms with Crippen molar-refractivity contribution < 1.29 is 0 Å². The van der Waals surface area contributed by atoms with E-state index in [0.29, 0.717) is 5.92 Å². The van der Waals surface area contributed by atoms with Crippen LogP contribution < -0.4 is 4.90 Å². The standard InChI is InChI=1S/C60H51N/c1-40-16-15-26-55-58(40)54-33-32-50(39-56(54)60(55,47-19-7-3-8-20-47)48-21-9-4-10-22-48)61(49-30-28-44(29-31-49)59-45-35-41-34-42(37-45)38-46(59)36-41)57-27-14-13-25-53(57)52-24-12-11-23-51(52)43-17-5-2-6-18-43/h2-33,39,41-42,45-46,59H,34-38H2,1H3. The first-order chi connectivity index (χ1) is 30.1. The summed E-state index contributed by atoms with van der Waals surface area (Å²) in [7, 11) is 0. The maximum atomic E-state index is 2.55. The van der Waals surface area contributed by atoms with Gasteiger partial charge in [-0.05, 0) is 160 Å². The third kappa shape index (κ3) is 5.81. The highest BCUT2D eigenvalue weighted by molar-refractivity contribution is 5.96. The van der Waals surface area contributed by atoms with E-state index >= 15 is 0 Å². The van der Waals surface area contributed by atoms with Crippen molar-refractivity contribution >= 4 is 17.1 Å². The zero-order valence-corrected chi connectivity index (χ0v) is 34.9. The summed E-state index contributed by atoms with van der Waals surface area (Å²) in [5.74, 6) is 4.33. The van der Waals surface area contributed by atoms with Crippen LogP contribution in [0.3, 0.4) is 0 Å². The van der Waals surface area contributed by atoms with Gasteiger partial charge in [0.1, 0.15) is 0 Å². The number of nitrogens with zero attached hydrogens (tertiary/aromatic N) is 1. The van der Waals surface area contributed by atoms with Gasteiger partial charge in [0.05, 0.1) is 11.1 Å². The molecule has 61 heavy (non-hydrogen) atoms. The normalized spacial score (nSPS) is 21.5. The molecule has 296 valence electrons. The zero-order chi connectivity index (χ0) is 40.5. The highest BCUT2D eigenvalue weighted by Crippen LogP contribution is 2.61. The lowest BCUT2D eigenvalue weighted by atomic mass is 9.51. The van der Waals surface area contributed by atoms with Gasteiger partial charge in [-0.25, -0.2) is 0 Å². The third-order valence-corrected chi connectivity index (χ3v) is 15.2. The van der Waals surface area contributed by atoms with Gasteiger partial charge in [-0.1, -0.05) is 170 Å². The average molecular weight is 786 g/mol. The van der Waals surface area contributed by atoms with Crippen LogP contribution in [0.4, 0.5) is 17.1 Å². The van der Waals surface area contributed by atoms with Crippen LogP contribution in [-0.2, 0) is 5.41 Å². The van der Waals surface area contributed by atoms with Crippen LogP contribution >= 0.6 is 0 Å². The Hall–Kier alpha value is -6.44. The molecule has 4 fully saturated rings. The van der Waals surface area contributed by atoms with E-state index in [1.807, 2.05) is 0 Å². The summed E-state index contributed by atoms with van der Waals surface area (Å²) in [6, 6.07) is 75.4. The van der Waals surface area contributed by atoms with E-state index in [9.17, 15) is 0 Å². The van der Waals surface area contributed by atoms with Crippen LogP contribution in [0.2, 0.25) is 0 Å². The molecule has 0 saturated heterocycles. The third-order valence-electron chi connectivity index (χ3n) is 15.2. The monoisotopic (exact) mass is 785 g/mol. The number of benzene rings is 8. The molecule has 0 radical (unpaired) electrons. The molecule has 8 aromatic carbocycles. The number of rotatable bonds is 8. The summed E-state index contributed by atoms with van der Waals surface area (Å²) < 4.78 is 0. The molecule has 8 aromatic rings. The molecule has 0 heterocycles. The molecule has 0 N–H and O–H groups in total. The molecule has 5 aliphatic rings. The molecule has 0 spiro atoms. The summed E-state index contributed by atoms with van der Waals surface area (Å²) in [4.78, 5) is 2.55. The first-order valence-corrected chi connectivity index (χ1v) is 22.6. The number of fused-ring (bicyclic) bond motifs is 3. The molecule has 1 nitrogen and oxygen atoms in total. The van der Waals surface area contributed by atoms with Crippen LogP contribution in [0.5, 0.6) is 0 Å². The maximum absolute atomic E-state index is 2.55. The minimum Gasteiger partial charge on any atom is -0.310 e. The van der Waals surface area contributed by atoms with E-state index in [1.54, 1.807) is 5.56 Å². The predicted octanol–water partition coefficient (Wildman–Crippen LogP) is 15.7. The smallest absolute Gasteiger partial charge is 0.0714 e. The van der Waals surface area contributed by atoms with Gasteiger partial charge in [-0.2, -0.15) is 0 Å². The Labute approximate surface area is 361 Å². The van der Waals surface area contributed by atoms with E-state index in [4.69, 9.17) is 0 Å². The lowest BCUT2D eigenvalue weighted by molar-refractivity contribution is -0.00277. The molecule has 0 aromatic heterocycles. The van der Waals surface area contributed by atoms with E-state index in [-0.39, 0.29) is 0 Å². The number of aryl methyl sites for hydroxylation is 1. The lowest BCUT2D eigenvalue weighted by Crippen LogP contribution is -2.43. The van der Waals surface area contributed by atoms with Gasteiger partial charge in [-0.3, -0.25) is 0 Å². The number of hydrogen-bond donors (Lipinski definition) is 0. The predicted molar refractivity (Wildman–Crippen MR) is 254 cm³/mol. The fourth-order valence-electron chi connectivity index (χ4n) is 13.1. The van der Waals surface area contributed by atoms with E-state index in [1.165, 1.54) is 105 Å². The van der Waals surface area contributed by atoms with Crippen LogP contribution in [-0.4, -0.2) is 0 Å². The molecular formula is C60H51N. The van der Waals surface area contributed by atoms with Gasteiger partial charge in [0.15, 0.2) is 0 Å². The van der Waals surface area contributed by atoms with Gasteiger partial charge < -0.3 is 4.90 Å². The van der Waals surface area contributed by atoms with Gasteiger partial charge in [0.2, 0.25) is 0 Å². The van der Waals surface area contributed by atoms with Crippen molar-refractivity contribution in [3.05, 3.63) is 234 Å². The summed E-state index contributed by atoms with van der Waals surface area (Å²) in [5, 5.41) is 0. The van der Waals surface area contributed by atoms with Crippen molar-refractivity contribution in [3.63, 3.8) is 0 Å². The van der Waals surface area contributed by atoms with Crippen molar-refractivity contribution in [1.29, 1.82) is 0 Å². The van der Waals surface area contributed by atoms with Crippen LogP contribution in [0, 0.1) is 30.6 Å². The molecule has 4 bridgehead atoms. The van der Waals surface area contributed by atoms with Gasteiger partial charge in [-0.15, -0.1) is 0 Å². The highest BCUT2D eigenvalue weighted by atomic mass is 15.1.